The van der Waals surface area contributed by atoms with Crippen LogP contribution in [0.5, 0.6) is 5.75 Å². The number of nitrogens with one attached hydrogen (secondary N) is 1. The van der Waals surface area contributed by atoms with Gasteiger partial charge in [-0.2, -0.15) is 0 Å². The molecule has 2 unspecified atom stereocenters. The van der Waals surface area contributed by atoms with Crippen LogP contribution in [0.2, 0.25) is 0 Å². The van der Waals surface area contributed by atoms with Gasteiger partial charge in [0.1, 0.15) is 5.75 Å². The van der Waals surface area contributed by atoms with Gasteiger partial charge in [0.2, 0.25) is 5.91 Å². The molecule has 1 N–H and O–H groups in total. The molecule has 132 valence electrons. The number of methoxy groups -OCH3 is 1. The predicted molar refractivity (Wildman–Crippen MR) is 96.1 cm³/mol. The highest BCUT2D eigenvalue weighted by molar-refractivity contribution is 5.79. The van der Waals surface area contributed by atoms with E-state index >= 15 is 0 Å². The quantitative estimate of drug-likeness (QED) is 0.900. The van der Waals surface area contributed by atoms with Gasteiger partial charge in [0.05, 0.1) is 13.2 Å². The lowest BCUT2D eigenvalue weighted by Gasteiger charge is -2.38. The molecule has 2 aliphatic rings. The van der Waals surface area contributed by atoms with Crippen LogP contribution in [-0.2, 0) is 4.79 Å². The van der Waals surface area contributed by atoms with Gasteiger partial charge >= 0.3 is 0 Å². The molecule has 1 saturated heterocycles. The Morgan fingerprint density at radius 1 is 1.33 bits per heavy atom. The molecule has 0 aromatic heterocycles. The largest absolute Gasteiger partial charge is 0.496 e. The summed E-state index contributed by atoms with van der Waals surface area (Å²) in [4.78, 5) is 15.2. The third-order valence-electron chi connectivity index (χ3n) is 5.61. The zero-order chi connectivity index (χ0) is 16.9. The Bertz CT molecular complexity index is 554. The molecule has 4 nitrogen and oxygen atoms in total. The maximum Gasteiger partial charge on any atom is 0.226 e. The Kier molecular flexibility index (Phi) is 5.77. The maximum absolute atomic E-state index is 13.1. The van der Waals surface area contributed by atoms with Crippen LogP contribution >= 0.6 is 0 Å². The van der Waals surface area contributed by atoms with Crippen molar-refractivity contribution < 1.29 is 9.53 Å². The number of carbonyl (C=O) groups excluding carboxylic acids is 1. The molecule has 1 aromatic rings. The van der Waals surface area contributed by atoms with Crippen LogP contribution in [0.4, 0.5) is 0 Å². The second-order valence-corrected chi connectivity index (χ2v) is 7.28. The summed E-state index contributed by atoms with van der Waals surface area (Å²) in [6.07, 6.45) is 6.32. The number of hydrogen-bond donors (Lipinski definition) is 1. The van der Waals surface area contributed by atoms with E-state index in [4.69, 9.17) is 4.74 Å². The van der Waals surface area contributed by atoms with Crippen LogP contribution in [0.1, 0.15) is 50.6 Å². The van der Waals surface area contributed by atoms with Crippen LogP contribution in [0.25, 0.3) is 0 Å². The lowest BCUT2D eigenvalue weighted by atomic mass is 9.92. The fraction of sp³-hybridized carbons (Fsp3) is 0.650. The highest BCUT2D eigenvalue weighted by Gasteiger charge is 2.33. The standard InChI is InChI=1S/C20H30N2O2/c1-15(13-16-7-3-4-8-16)20(23)22-12-11-21-14-18(22)17-9-5-6-10-19(17)24-2/h5-6,9-10,15-16,18,21H,3-4,7-8,11-14H2,1-2H3. The first kappa shape index (κ1) is 17.3. The molecule has 0 spiro atoms. The number of benzene rings is 1. The van der Waals surface area contributed by atoms with Gasteiger partial charge in [0.25, 0.3) is 0 Å². The molecule has 1 saturated carbocycles. The molecule has 2 atom stereocenters. The number of rotatable bonds is 5. The number of nitrogens with zero attached hydrogens (tertiary/aromatic N) is 1. The average molecular weight is 330 g/mol. The van der Waals surface area contributed by atoms with E-state index in [1.54, 1.807) is 7.11 Å². The minimum Gasteiger partial charge on any atom is -0.496 e. The first-order valence-corrected chi connectivity index (χ1v) is 9.34. The van der Waals surface area contributed by atoms with Gasteiger partial charge in [-0.15, -0.1) is 0 Å². The van der Waals surface area contributed by atoms with E-state index in [0.29, 0.717) is 5.91 Å². The number of amides is 1. The summed E-state index contributed by atoms with van der Waals surface area (Å²) in [5.41, 5.74) is 1.11. The molecule has 1 amide bonds. The third-order valence-corrected chi connectivity index (χ3v) is 5.61. The van der Waals surface area contributed by atoms with Gasteiger partial charge in [-0.25, -0.2) is 0 Å². The van der Waals surface area contributed by atoms with Crippen LogP contribution in [0.15, 0.2) is 24.3 Å². The first-order valence-electron chi connectivity index (χ1n) is 9.34. The van der Waals surface area contributed by atoms with E-state index in [2.05, 4.69) is 23.2 Å². The van der Waals surface area contributed by atoms with E-state index in [-0.39, 0.29) is 12.0 Å². The molecule has 1 aliphatic carbocycles. The maximum atomic E-state index is 13.1. The number of para-hydroxylation sites is 1. The van der Waals surface area contributed by atoms with Crippen molar-refractivity contribution in [3.63, 3.8) is 0 Å². The topological polar surface area (TPSA) is 41.6 Å². The summed E-state index contributed by atoms with van der Waals surface area (Å²) in [5, 5.41) is 3.43. The number of piperazine rings is 1. The molecule has 1 aliphatic heterocycles. The molecule has 1 heterocycles. The van der Waals surface area contributed by atoms with Gasteiger partial charge in [-0.3, -0.25) is 4.79 Å². The summed E-state index contributed by atoms with van der Waals surface area (Å²) in [7, 11) is 1.70. The monoisotopic (exact) mass is 330 g/mol. The summed E-state index contributed by atoms with van der Waals surface area (Å²) >= 11 is 0. The van der Waals surface area contributed by atoms with Crippen molar-refractivity contribution in [1.29, 1.82) is 0 Å². The number of carbonyl (C=O) groups is 1. The SMILES string of the molecule is COc1ccccc1C1CNCCN1C(=O)C(C)CC1CCCC1. The molecule has 24 heavy (non-hydrogen) atoms. The van der Waals surface area contributed by atoms with Crippen molar-refractivity contribution in [2.24, 2.45) is 11.8 Å². The average Bonchev–Trinajstić information content (AvgIpc) is 3.14. The third kappa shape index (κ3) is 3.75. The summed E-state index contributed by atoms with van der Waals surface area (Å²) in [6.45, 7) is 4.55. The minimum absolute atomic E-state index is 0.0634. The zero-order valence-corrected chi connectivity index (χ0v) is 15.0. The van der Waals surface area contributed by atoms with Crippen molar-refractivity contribution in [3.05, 3.63) is 29.8 Å². The molecule has 4 heteroatoms. The highest BCUT2D eigenvalue weighted by Crippen LogP contribution is 2.34. The van der Waals surface area contributed by atoms with Gasteiger partial charge in [0.15, 0.2) is 0 Å². The molecular formula is C20H30N2O2. The second kappa shape index (κ2) is 8.02. The Hall–Kier alpha value is -1.55. The van der Waals surface area contributed by atoms with Crippen molar-refractivity contribution in [2.45, 2.75) is 45.1 Å². The summed E-state index contributed by atoms with van der Waals surface area (Å²) in [6, 6.07) is 8.13. The van der Waals surface area contributed by atoms with Crippen molar-refractivity contribution in [3.8, 4) is 5.75 Å². The minimum atomic E-state index is 0.0634. The van der Waals surface area contributed by atoms with Gasteiger partial charge < -0.3 is 15.0 Å². The first-order chi connectivity index (χ1) is 11.7. The van der Waals surface area contributed by atoms with E-state index < -0.39 is 0 Å². The van der Waals surface area contributed by atoms with E-state index in [9.17, 15) is 4.79 Å². The smallest absolute Gasteiger partial charge is 0.226 e. The Labute approximate surface area is 145 Å². The molecule has 3 rings (SSSR count). The van der Waals surface area contributed by atoms with Gasteiger partial charge in [0, 0.05) is 31.1 Å². The predicted octanol–water partition coefficient (Wildman–Crippen LogP) is 3.38. The Morgan fingerprint density at radius 2 is 2.08 bits per heavy atom. The van der Waals surface area contributed by atoms with E-state index in [1.807, 2.05) is 18.2 Å². The summed E-state index contributed by atoms with van der Waals surface area (Å²) in [5.74, 6) is 2.03. The van der Waals surface area contributed by atoms with E-state index in [1.165, 1.54) is 25.7 Å². The molecule has 0 radical (unpaired) electrons. The fourth-order valence-corrected chi connectivity index (χ4v) is 4.32. The molecular weight excluding hydrogens is 300 g/mol. The second-order valence-electron chi connectivity index (χ2n) is 7.28. The van der Waals surface area contributed by atoms with Crippen molar-refractivity contribution in [1.82, 2.24) is 10.2 Å². The van der Waals surface area contributed by atoms with Crippen LogP contribution in [-0.4, -0.2) is 37.6 Å². The van der Waals surface area contributed by atoms with Gasteiger partial charge in [-0.1, -0.05) is 50.8 Å². The molecule has 1 aromatic carbocycles. The molecule has 2 fully saturated rings. The number of hydrogen-bond acceptors (Lipinski definition) is 3. The van der Waals surface area contributed by atoms with Crippen LogP contribution in [0, 0.1) is 11.8 Å². The zero-order valence-electron chi connectivity index (χ0n) is 15.0. The van der Waals surface area contributed by atoms with Crippen LogP contribution in [0.3, 0.4) is 0 Å². The molecule has 0 bridgehead atoms. The highest BCUT2D eigenvalue weighted by atomic mass is 16.5. The van der Waals surface area contributed by atoms with E-state index in [0.717, 1.165) is 43.3 Å². The van der Waals surface area contributed by atoms with Gasteiger partial charge in [-0.05, 0) is 18.4 Å². The Balaban J connectivity index is 1.74. The normalized spacial score (nSPS) is 23.2. The van der Waals surface area contributed by atoms with Crippen molar-refractivity contribution in [2.75, 3.05) is 26.7 Å². The van der Waals surface area contributed by atoms with Crippen LogP contribution < -0.4 is 10.1 Å². The lowest BCUT2D eigenvalue weighted by molar-refractivity contribution is -0.139. The Morgan fingerprint density at radius 3 is 2.83 bits per heavy atom. The lowest BCUT2D eigenvalue weighted by Crippen LogP contribution is -2.50. The fourth-order valence-electron chi connectivity index (χ4n) is 4.32. The number of ether oxygens (including phenoxy) is 1. The van der Waals surface area contributed by atoms with Crippen molar-refractivity contribution >= 4 is 5.91 Å². The summed E-state index contributed by atoms with van der Waals surface area (Å²) < 4.78 is 5.53.